The van der Waals surface area contributed by atoms with Crippen LogP contribution >= 0.6 is 50.1 Å². The van der Waals surface area contributed by atoms with E-state index in [1.165, 1.54) is 0 Å². The summed E-state index contributed by atoms with van der Waals surface area (Å²) in [6.45, 7) is 0. The molecular weight excluding hydrogens is 436 g/mol. The average molecular weight is 443 g/mol. The van der Waals surface area contributed by atoms with E-state index in [9.17, 15) is 8.78 Å². The zero-order chi connectivity index (χ0) is 13.3. The van der Waals surface area contributed by atoms with Gasteiger partial charge in [0.2, 0.25) is 0 Å². The van der Waals surface area contributed by atoms with Gasteiger partial charge in [0, 0.05) is 13.6 Å². The van der Waals surface area contributed by atoms with Crippen LogP contribution in [0.4, 0.5) is 8.78 Å². The second-order valence-electron chi connectivity index (χ2n) is 3.69. The highest BCUT2D eigenvalue weighted by Gasteiger charge is 2.18. The van der Waals surface area contributed by atoms with Gasteiger partial charge in [0.25, 0.3) is 0 Å². The van der Waals surface area contributed by atoms with Gasteiger partial charge in [-0.25, -0.2) is 8.78 Å². The lowest BCUT2D eigenvalue weighted by atomic mass is 10.0. The van der Waals surface area contributed by atoms with Gasteiger partial charge in [-0.2, -0.15) is 0 Å². The minimum atomic E-state index is -0.732. The number of halogens is 5. The van der Waals surface area contributed by atoms with Crippen molar-refractivity contribution in [2.24, 2.45) is 0 Å². The third-order valence-corrected chi connectivity index (χ3v) is 4.33. The molecule has 2 rings (SSSR count). The lowest BCUT2D eigenvalue weighted by molar-refractivity contribution is 0.587. The molecule has 0 bridgehead atoms. The molecule has 0 saturated carbocycles. The fraction of sp³-hybridized carbons (Fsp3) is 0.0769. The van der Waals surface area contributed by atoms with Crippen molar-refractivity contribution in [3.63, 3.8) is 0 Å². The molecule has 18 heavy (non-hydrogen) atoms. The Morgan fingerprint density at radius 1 is 1.06 bits per heavy atom. The molecule has 0 N–H and O–H groups in total. The van der Waals surface area contributed by atoms with Crippen molar-refractivity contribution in [2.45, 2.75) is 5.38 Å². The molecule has 0 fully saturated rings. The van der Waals surface area contributed by atoms with E-state index in [0.29, 0.717) is 5.56 Å². The van der Waals surface area contributed by atoms with Gasteiger partial charge in [-0.1, -0.05) is 15.9 Å². The van der Waals surface area contributed by atoms with Gasteiger partial charge in [0.05, 0.1) is 5.38 Å². The van der Waals surface area contributed by atoms with Gasteiger partial charge in [0.1, 0.15) is 11.6 Å². The quantitative estimate of drug-likeness (QED) is 0.415. The lowest BCUT2D eigenvalue weighted by Crippen LogP contribution is -1.99. The summed E-state index contributed by atoms with van der Waals surface area (Å²) in [7, 11) is 0. The average Bonchev–Trinajstić information content (AvgIpc) is 2.34. The predicted molar refractivity (Wildman–Crippen MR) is 80.9 cm³/mol. The number of alkyl halides is 1. The molecule has 1 unspecified atom stereocenters. The van der Waals surface area contributed by atoms with Crippen LogP contribution in [0.2, 0.25) is 0 Å². The summed E-state index contributed by atoms with van der Waals surface area (Å²) < 4.78 is 28.6. The van der Waals surface area contributed by atoms with E-state index in [0.717, 1.165) is 26.2 Å². The van der Waals surface area contributed by atoms with Gasteiger partial charge < -0.3 is 0 Å². The van der Waals surface area contributed by atoms with Crippen LogP contribution < -0.4 is 0 Å². The first kappa shape index (κ1) is 14.2. The Morgan fingerprint density at radius 2 is 1.78 bits per heavy atom. The topological polar surface area (TPSA) is 0 Å². The number of rotatable bonds is 2. The Bertz CT molecular complexity index is 538. The molecular formula is C13H7BrClF2I. The molecule has 0 nitrogen and oxygen atoms in total. The van der Waals surface area contributed by atoms with Gasteiger partial charge in [0.15, 0.2) is 0 Å². The third-order valence-electron chi connectivity index (χ3n) is 2.46. The fourth-order valence-electron chi connectivity index (χ4n) is 1.59. The SMILES string of the molecule is Fc1ccc(F)c(C(Cl)c2cc(I)ccc2Br)c1. The maximum absolute atomic E-state index is 13.7. The molecule has 0 heterocycles. The van der Waals surface area contributed by atoms with Crippen molar-refractivity contribution in [1.29, 1.82) is 0 Å². The van der Waals surface area contributed by atoms with E-state index in [1.807, 2.05) is 18.2 Å². The summed E-state index contributed by atoms with van der Waals surface area (Å²) in [5, 5.41) is -0.732. The van der Waals surface area contributed by atoms with Crippen LogP contribution in [0, 0.1) is 15.2 Å². The molecule has 2 aromatic carbocycles. The molecule has 0 aliphatic rings. The maximum atomic E-state index is 13.7. The van der Waals surface area contributed by atoms with Crippen LogP contribution in [0.3, 0.4) is 0 Å². The van der Waals surface area contributed by atoms with Gasteiger partial charge in [-0.3, -0.25) is 0 Å². The summed E-state index contributed by atoms with van der Waals surface area (Å²) in [4.78, 5) is 0. The summed E-state index contributed by atoms with van der Waals surface area (Å²) >= 11 is 11.8. The Labute approximate surface area is 131 Å². The van der Waals surface area contributed by atoms with Gasteiger partial charge >= 0.3 is 0 Å². The van der Waals surface area contributed by atoms with Crippen LogP contribution in [0.25, 0.3) is 0 Å². The fourth-order valence-corrected chi connectivity index (χ4v) is 3.06. The molecule has 2 aromatic rings. The summed E-state index contributed by atoms with van der Waals surface area (Å²) in [5.41, 5.74) is 0.854. The Balaban J connectivity index is 2.50. The van der Waals surface area contributed by atoms with E-state index in [4.69, 9.17) is 11.6 Å². The van der Waals surface area contributed by atoms with E-state index >= 15 is 0 Å². The molecule has 0 aromatic heterocycles. The molecule has 0 radical (unpaired) electrons. The van der Waals surface area contributed by atoms with Crippen molar-refractivity contribution in [1.82, 2.24) is 0 Å². The summed E-state index contributed by atoms with van der Waals surface area (Å²) in [5.74, 6) is -1.01. The third kappa shape index (κ3) is 3.03. The standard InChI is InChI=1S/C13H7BrClF2I/c14-11-3-2-8(18)6-9(11)13(15)10-5-7(16)1-4-12(10)17/h1-6,13H. The monoisotopic (exact) mass is 442 g/mol. The zero-order valence-corrected chi connectivity index (χ0v) is 13.4. The van der Waals surface area contributed by atoms with Crippen LogP contribution in [-0.4, -0.2) is 0 Å². The van der Waals surface area contributed by atoms with Crippen LogP contribution in [0.15, 0.2) is 40.9 Å². The normalized spacial score (nSPS) is 12.5. The highest BCUT2D eigenvalue weighted by Crippen LogP contribution is 2.36. The molecule has 0 amide bonds. The number of benzene rings is 2. The minimum Gasteiger partial charge on any atom is -0.207 e. The van der Waals surface area contributed by atoms with Crippen molar-refractivity contribution in [2.75, 3.05) is 0 Å². The Hall–Kier alpha value is -0.200. The minimum absolute atomic E-state index is 0.138. The molecule has 0 saturated heterocycles. The van der Waals surface area contributed by atoms with Crippen LogP contribution in [0.5, 0.6) is 0 Å². The zero-order valence-electron chi connectivity index (χ0n) is 8.93. The predicted octanol–water partition coefficient (Wildman–Crippen LogP) is 5.66. The lowest BCUT2D eigenvalue weighted by Gasteiger charge is -2.13. The van der Waals surface area contributed by atoms with Gasteiger partial charge in [-0.05, 0) is 64.6 Å². The first-order valence-corrected chi connectivity index (χ1v) is 7.34. The second kappa shape index (κ2) is 5.84. The smallest absolute Gasteiger partial charge is 0.128 e. The summed E-state index contributed by atoms with van der Waals surface area (Å²) in [6.07, 6.45) is 0. The molecule has 0 aliphatic carbocycles. The van der Waals surface area contributed by atoms with Crippen molar-refractivity contribution in [3.05, 3.63) is 67.2 Å². The van der Waals surface area contributed by atoms with Crippen LogP contribution in [-0.2, 0) is 0 Å². The van der Waals surface area contributed by atoms with Crippen molar-refractivity contribution >= 4 is 50.1 Å². The molecule has 94 valence electrons. The van der Waals surface area contributed by atoms with Crippen molar-refractivity contribution < 1.29 is 8.78 Å². The molecule has 0 spiro atoms. The highest BCUT2D eigenvalue weighted by atomic mass is 127. The first-order chi connectivity index (χ1) is 8.49. The van der Waals surface area contributed by atoms with Gasteiger partial charge in [-0.15, -0.1) is 11.6 Å². The molecule has 1 atom stereocenters. The van der Waals surface area contributed by atoms with E-state index in [-0.39, 0.29) is 5.56 Å². The first-order valence-electron chi connectivity index (χ1n) is 5.03. The number of hydrogen-bond acceptors (Lipinski definition) is 0. The Morgan fingerprint density at radius 3 is 2.50 bits per heavy atom. The van der Waals surface area contributed by atoms with E-state index in [1.54, 1.807) is 0 Å². The van der Waals surface area contributed by atoms with E-state index < -0.39 is 17.0 Å². The van der Waals surface area contributed by atoms with Crippen molar-refractivity contribution in [3.8, 4) is 0 Å². The molecule has 0 aliphatic heterocycles. The maximum Gasteiger partial charge on any atom is 0.128 e. The largest absolute Gasteiger partial charge is 0.207 e. The number of hydrogen-bond donors (Lipinski definition) is 0. The Kier molecular flexibility index (Phi) is 4.61. The molecule has 5 heteroatoms. The highest BCUT2D eigenvalue weighted by molar-refractivity contribution is 14.1. The van der Waals surface area contributed by atoms with E-state index in [2.05, 4.69) is 38.5 Å². The summed E-state index contributed by atoms with van der Waals surface area (Å²) in [6, 6.07) is 8.86. The van der Waals surface area contributed by atoms with Crippen LogP contribution in [0.1, 0.15) is 16.5 Å². The second-order valence-corrected chi connectivity index (χ2v) is 6.23.